The molecule has 0 radical (unpaired) electrons. The number of amides is 1. The number of benzene rings is 1. The molecule has 1 fully saturated rings. The van der Waals surface area contributed by atoms with Crippen molar-refractivity contribution in [3.63, 3.8) is 0 Å². The van der Waals surface area contributed by atoms with Gasteiger partial charge in [0.05, 0.1) is 18.8 Å². The molecule has 6 heteroatoms. The molecule has 5 rings (SSSR count). The molecule has 0 N–H and O–H groups in total. The number of carbonyl (C=O) groups is 1. The highest BCUT2D eigenvalue weighted by Gasteiger charge is 2.29. The Morgan fingerprint density at radius 3 is 2.61 bits per heavy atom. The summed E-state index contributed by atoms with van der Waals surface area (Å²) in [6.07, 6.45) is 4.23. The zero-order valence-electron chi connectivity index (χ0n) is 15.7. The predicted molar refractivity (Wildman–Crippen MR) is 104 cm³/mol. The van der Waals surface area contributed by atoms with Crippen LogP contribution in [-0.4, -0.2) is 32.1 Å². The van der Waals surface area contributed by atoms with Crippen LogP contribution < -0.4 is 0 Å². The minimum Gasteiger partial charge on any atom is -0.335 e. The summed E-state index contributed by atoms with van der Waals surface area (Å²) in [7, 11) is 0. The van der Waals surface area contributed by atoms with E-state index in [2.05, 4.69) is 11.1 Å². The van der Waals surface area contributed by atoms with E-state index >= 15 is 0 Å². The summed E-state index contributed by atoms with van der Waals surface area (Å²) in [6.45, 7) is 3.43. The van der Waals surface area contributed by atoms with Crippen LogP contribution in [0.3, 0.4) is 0 Å². The molecule has 1 aliphatic carbocycles. The first kappa shape index (κ1) is 17.1. The number of rotatable bonds is 3. The van der Waals surface area contributed by atoms with Crippen LogP contribution in [0.1, 0.15) is 37.1 Å². The Kier molecular flexibility index (Phi) is 4.00. The van der Waals surface area contributed by atoms with E-state index in [0.29, 0.717) is 25.6 Å². The van der Waals surface area contributed by atoms with Gasteiger partial charge < -0.3 is 4.90 Å². The molecule has 0 unspecified atom stereocenters. The highest BCUT2D eigenvalue weighted by Crippen LogP contribution is 2.42. The van der Waals surface area contributed by atoms with Crippen LogP contribution in [0.5, 0.6) is 0 Å². The van der Waals surface area contributed by atoms with Crippen molar-refractivity contribution in [2.24, 2.45) is 0 Å². The van der Waals surface area contributed by atoms with Crippen molar-refractivity contribution in [1.82, 2.24) is 19.7 Å². The molecular weight excluding hydrogens is 355 g/mol. The summed E-state index contributed by atoms with van der Waals surface area (Å²) < 4.78 is 15.5. The van der Waals surface area contributed by atoms with E-state index in [0.717, 1.165) is 33.8 Å². The molecule has 1 aromatic carbocycles. The lowest BCUT2D eigenvalue weighted by atomic mass is 9.97. The molecule has 1 saturated carbocycles. The standard InChI is InChI=1S/C22H21FN4O/c1-14(28)26-10-11-27-20(13-26)21(17-8-9-24-19(12-17)15-2-3-15)22(25-27)16-4-6-18(23)7-5-16/h4-9,12,15H,2-3,10-11,13H2,1H3. The fourth-order valence-electron chi connectivity index (χ4n) is 3.91. The number of nitrogens with zero attached hydrogens (tertiary/aromatic N) is 4. The van der Waals surface area contributed by atoms with E-state index in [1.54, 1.807) is 19.1 Å². The highest BCUT2D eigenvalue weighted by atomic mass is 19.1. The van der Waals surface area contributed by atoms with Crippen molar-refractivity contribution in [3.8, 4) is 22.4 Å². The summed E-state index contributed by atoms with van der Waals surface area (Å²) in [5, 5.41) is 4.85. The van der Waals surface area contributed by atoms with Crippen LogP contribution in [0.2, 0.25) is 0 Å². The van der Waals surface area contributed by atoms with E-state index in [9.17, 15) is 9.18 Å². The number of fused-ring (bicyclic) bond motifs is 1. The van der Waals surface area contributed by atoms with Gasteiger partial charge in [0, 0.05) is 42.4 Å². The number of halogens is 1. The molecule has 142 valence electrons. The van der Waals surface area contributed by atoms with Gasteiger partial charge in [-0.3, -0.25) is 14.5 Å². The molecule has 1 amide bonds. The maximum atomic E-state index is 13.5. The first-order valence-electron chi connectivity index (χ1n) is 9.67. The zero-order chi connectivity index (χ0) is 19.3. The van der Waals surface area contributed by atoms with Crippen LogP contribution in [-0.2, 0) is 17.9 Å². The third kappa shape index (κ3) is 2.99. The summed E-state index contributed by atoms with van der Waals surface area (Å²) in [5.74, 6) is 0.349. The van der Waals surface area contributed by atoms with Crippen LogP contribution in [0.4, 0.5) is 4.39 Å². The molecule has 2 aliphatic rings. The quantitative estimate of drug-likeness (QED) is 0.694. The molecule has 1 aliphatic heterocycles. The maximum Gasteiger partial charge on any atom is 0.219 e. The van der Waals surface area contributed by atoms with E-state index in [1.807, 2.05) is 21.8 Å². The van der Waals surface area contributed by atoms with E-state index in [-0.39, 0.29) is 11.7 Å². The van der Waals surface area contributed by atoms with Gasteiger partial charge in [0.15, 0.2) is 0 Å². The third-order valence-electron chi connectivity index (χ3n) is 5.61. The largest absolute Gasteiger partial charge is 0.335 e. The van der Waals surface area contributed by atoms with Crippen LogP contribution in [0.25, 0.3) is 22.4 Å². The van der Waals surface area contributed by atoms with Gasteiger partial charge in [0.2, 0.25) is 5.91 Å². The van der Waals surface area contributed by atoms with E-state index in [1.165, 1.54) is 25.0 Å². The molecule has 2 aromatic heterocycles. The molecule has 3 aromatic rings. The Hall–Kier alpha value is -3.02. The topological polar surface area (TPSA) is 51.0 Å². The lowest BCUT2D eigenvalue weighted by Gasteiger charge is -2.27. The SMILES string of the molecule is CC(=O)N1CCn2nc(-c3ccc(F)cc3)c(-c3ccnc(C4CC4)c3)c2C1. The fraction of sp³-hybridized carbons (Fsp3) is 0.318. The summed E-state index contributed by atoms with van der Waals surface area (Å²) in [5.41, 5.74) is 5.91. The Labute approximate surface area is 162 Å². The second-order valence-corrected chi connectivity index (χ2v) is 7.58. The molecule has 0 saturated heterocycles. The van der Waals surface area contributed by atoms with Crippen molar-refractivity contribution in [1.29, 1.82) is 0 Å². The van der Waals surface area contributed by atoms with Gasteiger partial charge in [-0.2, -0.15) is 5.10 Å². The normalized spacial score (nSPS) is 16.1. The monoisotopic (exact) mass is 376 g/mol. The van der Waals surface area contributed by atoms with Crippen molar-refractivity contribution < 1.29 is 9.18 Å². The Morgan fingerprint density at radius 2 is 1.89 bits per heavy atom. The van der Waals surface area contributed by atoms with Gasteiger partial charge in [-0.25, -0.2) is 4.39 Å². The number of carbonyl (C=O) groups excluding carboxylic acids is 1. The first-order chi connectivity index (χ1) is 13.6. The lowest BCUT2D eigenvalue weighted by Crippen LogP contribution is -2.37. The molecule has 3 heterocycles. The average Bonchev–Trinajstić information content (AvgIpc) is 3.48. The smallest absolute Gasteiger partial charge is 0.219 e. The number of hydrogen-bond acceptors (Lipinski definition) is 3. The third-order valence-corrected chi connectivity index (χ3v) is 5.61. The number of hydrogen-bond donors (Lipinski definition) is 0. The highest BCUT2D eigenvalue weighted by molar-refractivity contribution is 5.83. The number of aromatic nitrogens is 3. The van der Waals surface area contributed by atoms with Gasteiger partial charge in [-0.05, 0) is 54.8 Å². The molecular formula is C22H21FN4O. The maximum absolute atomic E-state index is 13.5. The van der Waals surface area contributed by atoms with Crippen LogP contribution >= 0.6 is 0 Å². The molecule has 0 bridgehead atoms. The van der Waals surface area contributed by atoms with Crippen LogP contribution in [0, 0.1) is 5.82 Å². The first-order valence-corrected chi connectivity index (χ1v) is 9.67. The molecule has 28 heavy (non-hydrogen) atoms. The van der Waals surface area contributed by atoms with E-state index in [4.69, 9.17) is 5.10 Å². The van der Waals surface area contributed by atoms with Crippen molar-refractivity contribution >= 4 is 5.91 Å². The van der Waals surface area contributed by atoms with Crippen molar-refractivity contribution in [3.05, 3.63) is 59.8 Å². The average molecular weight is 376 g/mol. The van der Waals surface area contributed by atoms with Gasteiger partial charge in [-0.1, -0.05) is 0 Å². The fourth-order valence-corrected chi connectivity index (χ4v) is 3.91. The Morgan fingerprint density at radius 1 is 1.11 bits per heavy atom. The van der Waals surface area contributed by atoms with Gasteiger partial charge in [0.1, 0.15) is 11.5 Å². The van der Waals surface area contributed by atoms with Gasteiger partial charge in [0.25, 0.3) is 0 Å². The molecule has 0 atom stereocenters. The second kappa shape index (κ2) is 6.55. The zero-order valence-corrected chi connectivity index (χ0v) is 15.7. The Bertz CT molecular complexity index is 1050. The minimum absolute atomic E-state index is 0.0649. The van der Waals surface area contributed by atoms with Crippen molar-refractivity contribution in [2.45, 2.75) is 38.8 Å². The second-order valence-electron chi connectivity index (χ2n) is 7.58. The summed E-state index contributed by atoms with van der Waals surface area (Å²) >= 11 is 0. The number of pyridine rings is 1. The van der Waals surface area contributed by atoms with Crippen molar-refractivity contribution in [2.75, 3.05) is 6.54 Å². The summed E-state index contributed by atoms with van der Waals surface area (Å²) in [6, 6.07) is 10.6. The minimum atomic E-state index is -0.267. The van der Waals surface area contributed by atoms with Gasteiger partial charge >= 0.3 is 0 Å². The molecule has 0 spiro atoms. The Balaban J connectivity index is 1.68. The summed E-state index contributed by atoms with van der Waals surface area (Å²) in [4.78, 5) is 18.4. The predicted octanol–water partition coefficient (Wildman–Crippen LogP) is 3.99. The lowest BCUT2D eigenvalue weighted by molar-refractivity contribution is -0.130. The molecule has 5 nitrogen and oxygen atoms in total. The van der Waals surface area contributed by atoms with E-state index < -0.39 is 0 Å². The van der Waals surface area contributed by atoms with Gasteiger partial charge in [-0.15, -0.1) is 0 Å². The van der Waals surface area contributed by atoms with Crippen LogP contribution in [0.15, 0.2) is 42.6 Å².